The van der Waals surface area contributed by atoms with Gasteiger partial charge in [-0.05, 0) is 6.92 Å². The van der Waals surface area contributed by atoms with Gasteiger partial charge >= 0.3 is 0 Å². The Labute approximate surface area is 121 Å². The number of nitrogens with zero attached hydrogens (tertiary/aromatic N) is 4. The Balaban J connectivity index is 1.86. The number of carbonyl (C=O) groups excluding carboxylic acids is 1. The molecule has 1 atom stereocenters. The summed E-state index contributed by atoms with van der Waals surface area (Å²) in [4.78, 5) is 20.7. The molecule has 6 heteroatoms. The average molecular weight is 282 g/mol. The fourth-order valence-corrected chi connectivity index (χ4v) is 2.05. The molecule has 0 saturated heterocycles. The molecule has 0 aliphatic rings. The lowest BCUT2D eigenvalue weighted by molar-refractivity contribution is 0.0951. The first-order valence-electron chi connectivity index (χ1n) is 6.56. The van der Waals surface area contributed by atoms with E-state index in [9.17, 15) is 4.79 Å². The highest BCUT2D eigenvalue weighted by Crippen LogP contribution is 2.22. The van der Waals surface area contributed by atoms with Gasteiger partial charge in [-0.1, -0.05) is 35.5 Å². The van der Waals surface area contributed by atoms with Crippen molar-refractivity contribution in [2.75, 3.05) is 0 Å². The SMILES string of the molecule is CC(C(=O)c1ccccc1)c1nc(-c2cncn2C)no1. The van der Waals surface area contributed by atoms with Gasteiger partial charge in [0.15, 0.2) is 5.78 Å². The lowest BCUT2D eigenvalue weighted by atomic mass is 9.99. The number of aromatic nitrogens is 4. The molecule has 1 unspecified atom stereocenters. The van der Waals surface area contributed by atoms with Crippen molar-refractivity contribution in [2.45, 2.75) is 12.8 Å². The first-order valence-corrected chi connectivity index (χ1v) is 6.56. The van der Waals surface area contributed by atoms with Crippen molar-refractivity contribution >= 4 is 5.78 Å². The van der Waals surface area contributed by atoms with Gasteiger partial charge in [0.05, 0.1) is 18.4 Å². The molecular weight excluding hydrogens is 268 g/mol. The third kappa shape index (κ3) is 2.47. The summed E-state index contributed by atoms with van der Waals surface area (Å²) in [6.07, 6.45) is 3.31. The Hall–Kier alpha value is -2.76. The lowest BCUT2D eigenvalue weighted by Crippen LogP contribution is -2.09. The molecule has 2 heterocycles. The molecule has 0 N–H and O–H groups in total. The average Bonchev–Trinajstić information content (AvgIpc) is 3.15. The van der Waals surface area contributed by atoms with Crippen LogP contribution < -0.4 is 0 Å². The maximum Gasteiger partial charge on any atom is 0.237 e. The number of Topliss-reactive ketones (excluding diaryl/α,β-unsaturated/α-hetero) is 1. The summed E-state index contributed by atoms with van der Waals surface area (Å²) in [6.45, 7) is 1.76. The first-order chi connectivity index (χ1) is 10.2. The van der Waals surface area contributed by atoms with E-state index in [1.807, 2.05) is 25.2 Å². The minimum Gasteiger partial charge on any atom is -0.338 e. The van der Waals surface area contributed by atoms with E-state index in [1.165, 1.54) is 0 Å². The van der Waals surface area contributed by atoms with Crippen LogP contribution in [-0.2, 0) is 7.05 Å². The van der Waals surface area contributed by atoms with Crippen molar-refractivity contribution in [1.29, 1.82) is 0 Å². The molecule has 3 aromatic rings. The molecule has 0 spiro atoms. The van der Waals surface area contributed by atoms with Crippen LogP contribution in [0.2, 0.25) is 0 Å². The molecule has 21 heavy (non-hydrogen) atoms. The van der Waals surface area contributed by atoms with Gasteiger partial charge < -0.3 is 9.09 Å². The highest BCUT2D eigenvalue weighted by molar-refractivity contribution is 6.00. The second-order valence-electron chi connectivity index (χ2n) is 4.80. The van der Waals surface area contributed by atoms with Crippen molar-refractivity contribution in [3.63, 3.8) is 0 Å². The van der Waals surface area contributed by atoms with Crippen molar-refractivity contribution in [2.24, 2.45) is 7.05 Å². The molecule has 0 aliphatic heterocycles. The fourth-order valence-electron chi connectivity index (χ4n) is 2.05. The Kier molecular flexibility index (Phi) is 3.35. The monoisotopic (exact) mass is 282 g/mol. The second-order valence-corrected chi connectivity index (χ2v) is 4.80. The third-order valence-corrected chi connectivity index (χ3v) is 3.31. The molecule has 0 bridgehead atoms. The van der Waals surface area contributed by atoms with E-state index >= 15 is 0 Å². The van der Waals surface area contributed by atoms with Crippen LogP contribution in [0.5, 0.6) is 0 Å². The van der Waals surface area contributed by atoms with Gasteiger partial charge in [0.1, 0.15) is 5.69 Å². The summed E-state index contributed by atoms with van der Waals surface area (Å²) < 4.78 is 7.01. The van der Waals surface area contributed by atoms with Gasteiger partial charge in [-0.25, -0.2) is 4.98 Å². The Morgan fingerprint density at radius 1 is 1.29 bits per heavy atom. The van der Waals surface area contributed by atoms with Crippen molar-refractivity contribution < 1.29 is 9.32 Å². The van der Waals surface area contributed by atoms with Crippen LogP contribution in [0, 0.1) is 0 Å². The molecule has 0 fully saturated rings. The molecule has 0 radical (unpaired) electrons. The van der Waals surface area contributed by atoms with Crippen LogP contribution in [0.4, 0.5) is 0 Å². The largest absolute Gasteiger partial charge is 0.338 e. The van der Waals surface area contributed by atoms with Crippen LogP contribution >= 0.6 is 0 Å². The maximum atomic E-state index is 12.4. The topological polar surface area (TPSA) is 73.8 Å². The van der Waals surface area contributed by atoms with E-state index in [4.69, 9.17) is 4.52 Å². The van der Waals surface area contributed by atoms with Crippen molar-refractivity contribution in [3.8, 4) is 11.5 Å². The number of hydrogen-bond donors (Lipinski definition) is 0. The highest BCUT2D eigenvalue weighted by Gasteiger charge is 2.23. The van der Waals surface area contributed by atoms with Crippen molar-refractivity contribution in [3.05, 3.63) is 54.3 Å². The van der Waals surface area contributed by atoms with Gasteiger partial charge in [-0.15, -0.1) is 0 Å². The predicted octanol–water partition coefficient (Wildman–Crippen LogP) is 2.46. The van der Waals surface area contributed by atoms with Gasteiger partial charge in [0, 0.05) is 12.6 Å². The molecule has 0 amide bonds. The van der Waals surface area contributed by atoms with E-state index in [2.05, 4.69) is 15.1 Å². The van der Waals surface area contributed by atoms with Crippen LogP contribution in [0.1, 0.15) is 29.1 Å². The minimum absolute atomic E-state index is 0.0455. The Morgan fingerprint density at radius 3 is 2.71 bits per heavy atom. The first kappa shape index (κ1) is 13.2. The third-order valence-electron chi connectivity index (χ3n) is 3.31. The molecule has 6 nitrogen and oxygen atoms in total. The maximum absolute atomic E-state index is 12.4. The van der Waals surface area contributed by atoms with E-state index in [0.29, 0.717) is 17.3 Å². The smallest absolute Gasteiger partial charge is 0.237 e. The number of hydrogen-bond acceptors (Lipinski definition) is 5. The number of imidazole rings is 1. The summed E-state index contributed by atoms with van der Waals surface area (Å²) >= 11 is 0. The molecule has 0 saturated carbocycles. The zero-order valence-corrected chi connectivity index (χ0v) is 11.7. The van der Waals surface area contributed by atoms with Crippen LogP contribution in [-0.4, -0.2) is 25.5 Å². The Bertz CT molecular complexity index is 761. The summed E-state index contributed by atoms with van der Waals surface area (Å²) in [5.74, 6) is 0.204. The van der Waals surface area contributed by atoms with Crippen LogP contribution in [0.3, 0.4) is 0 Å². The summed E-state index contributed by atoms with van der Waals surface area (Å²) in [5.41, 5.74) is 1.37. The predicted molar refractivity (Wildman–Crippen MR) is 75.7 cm³/mol. The molecule has 1 aromatic carbocycles. The van der Waals surface area contributed by atoms with E-state index in [-0.39, 0.29) is 5.78 Å². The molecule has 106 valence electrons. The number of aryl methyl sites for hydroxylation is 1. The van der Waals surface area contributed by atoms with Gasteiger partial charge in [0.25, 0.3) is 0 Å². The normalized spacial score (nSPS) is 12.3. The molecular formula is C15H14N4O2. The molecule has 2 aromatic heterocycles. The number of benzene rings is 1. The summed E-state index contributed by atoms with van der Waals surface area (Å²) in [5, 5.41) is 3.92. The van der Waals surface area contributed by atoms with Gasteiger partial charge in [-0.3, -0.25) is 4.79 Å². The van der Waals surface area contributed by atoms with E-state index in [0.717, 1.165) is 5.69 Å². The van der Waals surface area contributed by atoms with E-state index in [1.54, 1.807) is 36.1 Å². The van der Waals surface area contributed by atoms with E-state index < -0.39 is 5.92 Å². The second kappa shape index (κ2) is 5.32. The molecule has 0 aliphatic carbocycles. The minimum atomic E-state index is -0.484. The van der Waals surface area contributed by atoms with Crippen LogP contribution in [0.25, 0.3) is 11.5 Å². The van der Waals surface area contributed by atoms with Crippen molar-refractivity contribution in [1.82, 2.24) is 19.7 Å². The zero-order chi connectivity index (χ0) is 14.8. The van der Waals surface area contributed by atoms with Gasteiger partial charge in [0.2, 0.25) is 11.7 Å². The quantitative estimate of drug-likeness (QED) is 0.687. The lowest BCUT2D eigenvalue weighted by Gasteiger charge is -2.04. The number of rotatable bonds is 4. The van der Waals surface area contributed by atoms with Crippen LogP contribution in [0.15, 0.2) is 47.4 Å². The number of carbonyl (C=O) groups is 1. The highest BCUT2D eigenvalue weighted by atomic mass is 16.5. The standard InChI is InChI=1S/C15H14N4O2/c1-10(13(20)11-6-4-3-5-7-11)15-17-14(18-21-15)12-8-16-9-19(12)2/h3-10H,1-2H3. The summed E-state index contributed by atoms with van der Waals surface area (Å²) in [7, 11) is 1.84. The fraction of sp³-hybridized carbons (Fsp3) is 0.200. The summed E-state index contributed by atoms with van der Waals surface area (Å²) in [6, 6.07) is 9.08. The zero-order valence-electron chi connectivity index (χ0n) is 11.7. The van der Waals surface area contributed by atoms with Gasteiger partial charge in [-0.2, -0.15) is 4.98 Å². The Morgan fingerprint density at radius 2 is 2.05 bits per heavy atom. The number of ketones is 1. The molecule has 3 rings (SSSR count).